The molecule has 0 aliphatic carbocycles. The lowest BCUT2D eigenvalue weighted by atomic mass is 9.81. The van der Waals surface area contributed by atoms with Crippen LogP contribution in [0.15, 0.2) is 18.2 Å². The SMILES string of the molecule is CC(NCC(C)(C)C(C)C)c1cc(Cl)ccc1Cl. The number of nitrogens with one attached hydrogen (secondary N) is 1. The molecular weight excluding hydrogens is 265 g/mol. The molecule has 102 valence electrons. The van der Waals surface area contributed by atoms with Gasteiger partial charge in [0.05, 0.1) is 0 Å². The lowest BCUT2D eigenvalue weighted by molar-refractivity contribution is 0.230. The van der Waals surface area contributed by atoms with E-state index in [0.717, 1.165) is 22.2 Å². The van der Waals surface area contributed by atoms with E-state index in [-0.39, 0.29) is 11.5 Å². The minimum atomic E-state index is 0.203. The van der Waals surface area contributed by atoms with Crippen molar-refractivity contribution in [2.24, 2.45) is 11.3 Å². The molecule has 0 saturated heterocycles. The maximum atomic E-state index is 6.20. The summed E-state index contributed by atoms with van der Waals surface area (Å²) in [6.07, 6.45) is 0. The summed E-state index contributed by atoms with van der Waals surface area (Å²) >= 11 is 12.2. The van der Waals surface area contributed by atoms with E-state index in [1.54, 1.807) is 0 Å². The Morgan fingerprint density at radius 2 is 1.78 bits per heavy atom. The number of hydrogen-bond acceptors (Lipinski definition) is 1. The monoisotopic (exact) mass is 287 g/mol. The molecular formula is C15H23Cl2N. The molecule has 0 aliphatic heterocycles. The molecule has 0 bridgehead atoms. The molecule has 0 radical (unpaired) electrons. The number of benzene rings is 1. The van der Waals surface area contributed by atoms with Crippen molar-refractivity contribution in [3.8, 4) is 0 Å². The third-order valence-electron chi connectivity index (χ3n) is 3.85. The van der Waals surface area contributed by atoms with Crippen molar-refractivity contribution >= 4 is 23.2 Å². The van der Waals surface area contributed by atoms with Crippen LogP contribution in [0.4, 0.5) is 0 Å². The van der Waals surface area contributed by atoms with Crippen LogP contribution in [0.3, 0.4) is 0 Å². The molecule has 0 heterocycles. The summed E-state index contributed by atoms with van der Waals surface area (Å²) in [5, 5.41) is 5.04. The molecule has 3 heteroatoms. The summed E-state index contributed by atoms with van der Waals surface area (Å²) in [5.41, 5.74) is 1.32. The molecule has 1 unspecified atom stereocenters. The first kappa shape index (κ1) is 15.8. The highest BCUT2D eigenvalue weighted by molar-refractivity contribution is 6.33. The van der Waals surface area contributed by atoms with Crippen molar-refractivity contribution in [1.29, 1.82) is 0 Å². The molecule has 1 nitrogen and oxygen atoms in total. The molecule has 1 aromatic rings. The highest BCUT2D eigenvalue weighted by Gasteiger charge is 2.23. The van der Waals surface area contributed by atoms with Gasteiger partial charge in [-0.15, -0.1) is 0 Å². The first-order valence-electron chi connectivity index (χ1n) is 6.42. The smallest absolute Gasteiger partial charge is 0.0454 e. The second-order valence-electron chi connectivity index (χ2n) is 5.91. The van der Waals surface area contributed by atoms with Gasteiger partial charge in [-0.3, -0.25) is 0 Å². The lowest BCUT2D eigenvalue weighted by Gasteiger charge is -2.31. The molecule has 1 N–H and O–H groups in total. The van der Waals surface area contributed by atoms with E-state index in [4.69, 9.17) is 23.2 Å². The van der Waals surface area contributed by atoms with Gasteiger partial charge in [0.1, 0.15) is 0 Å². The van der Waals surface area contributed by atoms with Crippen LogP contribution in [-0.2, 0) is 0 Å². The van der Waals surface area contributed by atoms with Gasteiger partial charge in [0.15, 0.2) is 0 Å². The Kier molecular flexibility index (Phi) is 5.51. The summed E-state index contributed by atoms with van der Waals surface area (Å²) in [7, 11) is 0. The van der Waals surface area contributed by atoms with Crippen molar-refractivity contribution < 1.29 is 0 Å². The summed E-state index contributed by atoms with van der Waals surface area (Å²) in [6, 6.07) is 5.81. The van der Waals surface area contributed by atoms with E-state index in [1.165, 1.54) is 0 Å². The van der Waals surface area contributed by atoms with Crippen LogP contribution in [0, 0.1) is 11.3 Å². The Balaban J connectivity index is 2.71. The third kappa shape index (κ3) is 4.15. The van der Waals surface area contributed by atoms with Crippen molar-refractivity contribution in [1.82, 2.24) is 5.32 Å². The second kappa shape index (κ2) is 6.27. The minimum absolute atomic E-state index is 0.203. The van der Waals surface area contributed by atoms with Gasteiger partial charge in [-0.05, 0) is 42.0 Å². The highest BCUT2D eigenvalue weighted by Crippen LogP contribution is 2.29. The van der Waals surface area contributed by atoms with Crippen LogP contribution in [0.1, 0.15) is 46.2 Å². The molecule has 0 aliphatic rings. The molecule has 0 spiro atoms. The standard InChI is InChI=1S/C15H23Cl2N/c1-10(2)15(4,5)9-18-11(3)13-8-12(16)6-7-14(13)17/h6-8,10-11,18H,9H2,1-5H3. The largest absolute Gasteiger partial charge is 0.310 e. The third-order valence-corrected chi connectivity index (χ3v) is 4.43. The first-order valence-corrected chi connectivity index (χ1v) is 7.18. The van der Waals surface area contributed by atoms with Gasteiger partial charge < -0.3 is 5.32 Å². The fraction of sp³-hybridized carbons (Fsp3) is 0.600. The van der Waals surface area contributed by atoms with E-state index in [0.29, 0.717) is 5.92 Å². The first-order chi connectivity index (χ1) is 8.24. The maximum Gasteiger partial charge on any atom is 0.0454 e. The molecule has 1 rings (SSSR count). The summed E-state index contributed by atoms with van der Waals surface area (Å²) in [4.78, 5) is 0. The summed E-state index contributed by atoms with van der Waals surface area (Å²) < 4.78 is 0. The van der Waals surface area contributed by atoms with Crippen LogP contribution in [-0.4, -0.2) is 6.54 Å². The van der Waals surface area contributed by atoms with E-state index >= 15 is 0 Å². The predicted molar refractivity (Wildman–Crippen MR) is 81.5 cm³/mol. The van der Waals surface area contributed by atoms with Gasteiger partial charge in [-0.25, -0.2) is 0 Å². The fourth-order valence-corrected chi connectivity index (χ4v) is 2.04. The molecule has 18 heavy (non-hydrogen) atoms. The van der Waals surface area contributed by atoms with Crippen LogP contribution in [0.25, 0.3) is 0 Å². The Bertz CT molecular complexity index is 399. The van der Waals surface area contributed by atoms with Gasteiger partial charge in [0, 0.05) is 22.6 Å². The molecule has 0 aromatic heterocycles. The zero-order valence-corrected chi connectivity index (χ0v) is 13.4. The summed E-state index contributed by atoms with van der Waals surface area (Å²) in [5.74, 6) is 0.632. The number of rotatable bonds is 5. The van der Waals surface area contributed by atoms with E-state index in [2.05, 4.69) is 39.9 Å². The second-order valence-corrected chi connectivity index (χ2v) is 6.76. The van der Waals surface area contributed by atoms with Crippen LogP contribution in [0.5, 0.6) is 0 Å². The van der Waals surface area contributed by atoms with Gasteiger partial charge in [-0.2, -0.15) is 0 Å². The Hall–Kier alpha value is -0.240. The van der Waals surface area contributed by atoms with Gasteiger partial charge in [-0.1, -0.05) is 50.9 Å². The number of halogens is 2. The Morgan fingerprint density at radius 1 is 1.17 bits per heavy atom. The average molecular weight is 288 g/mol. The Labute approximate surface area is 121 Å². The lowest BCUT2D eigenvalue weighted by Crippen LogP contribution is -2.34. The van der Waals surface area contributed by atoms with Crippen molar-refractivity contribution in [2.75, 3.05) is 6.54 Å². The van der Waals surface area contributed by atoms with E-state index in [9.17, 15) is 0 Å². The normalized spacial score (nSPS) is 14.0. The fourth-order valence-electron chi connectivity index (χ4n) is 1.58. The zero-order valence-electron chi connectivity index (χ0n) is 11.8. The van der Waals surface area contributed by atoms with Crippen LogP contribution < -0.4 is 5.32 Å². The zero-order chi connectivity index (χ0) is 13.9. The molecule has 0 fully saturated rings. The quantitative estimate of drug-likeness (QED) is 0.772. The van der Waals surface area contributed by atoms with Gasteiger partial charge >= 0.3 is 0 Å². The number of hydrogen-bond donors (Lipinski definition) is 1. The molecule has 0 saturated carbocycles. The van der Waals surface area contributed by atoms with Gasteiger partial charge in [0.2, 0.25) is 0 Å². The van der Waals surface area contributed by atoms with Crippen LogP contribution in [0.2, 0.25) is 10.0 Å². The van der Waals surface area contributed by atoms with Crippen molar-refractivity contribution in [3.63, 3.8) is 0 Å². The minimum Gasteiger partial charge on any atom is -0.310 e. The van der Waals surface area contributed by atoms with E-state index < -0.39 is 0 Å². The van der Waals surface area contributed by atoms with Gasteiger partial charge in [0.25, 0.3) is 0 Å². The molecule has 1 atom stereocenters. The van der Waals surface area contributed by atoms with Crippen molar-refractivity contribution in [2.45, 2.75) is 40.7 Å². The highest BCUT2D eigenvalue weighted by atomic mass is 35.5. The molecule has 1 aromatic carbocycles. The topological polar surface area (TPSA) is 12.0 Å². The molecule has 0 amide bonds. The predicted octanol–water partition coefficient (Wildman–Crippen LogP) is 5.33. The van der Waals surface area contributed by atoms with E-state index in [1.807, 2.05) is 18.2 Å². The van der Waals surface area contributed by atoms with Crippen molar-refractivity contribution in [3.05, 3.63) is 33.8 Å². The maximum absolute atomic E-state index is 6.20. The van der Waals surface area contributed by atoms with Crippen LogP contribution >= 0.6 is 23.2 Å². The summed E-state index contributed by atoms with van der Waals surface area (Å²) in [6.45, 7) is 12.1. The average Bonchev–Trinajstić information content (AvgIpc) is 2.29. The Morgan fingerprint density at radius 3 is 2.33 bits per heavy atom.